The first kappa shape index (κ1) is 18.5. The lowest BCUT2D eigenvalue weighted by Crippen LogP contribution is -2.15. The number of amides is 1. The van der Waals surface area contributed by atoms with Crippen LogP contribution in [0.25, 0.3) is 17.4 Å². The van der Waals surface area contributed by atoms with Gasteiger partial charge in [-0.25, -0.2) is 0 Å². The molecule has 1 N–H and O–H groups in total. The number of carbonyl (C=O) groups excluding carboxylic acids is 1. The molecule has 0 spiro atoms. The molecule has 1 heterocycles. The molecule has 0 saturated heterocycles. The van der Waals surface area contributed by atoms with E-state index in [0.717, 1.165) is 16.7 Å². The summed E-state index contributed by atoms with van der Waals surface area (Å²) in [6, 6.07) is 18.4. The molecular weight excluding hydrogens is 360 g/mol. The van der Waals surface area contributed by atoms with E-state index in [1.165, 1.54) is 6.08 Å². The summed E-state index contributed by atoms with van der Waals surface area (Å²) in [5, 5.41) is 12.8. The van der Waals surface area contributed by atoms with Crippen LogP contribution in [0.15, 0.2) is 64.6 Å². The van der Waals surface area contributed by atoms with Crippen molar-refractivity contribution in [2.24, 2.45) is 0 Å². The highest BCUT2D eigenvalue weighted by molar-refractivity contribution is 6.30. The number of nitrogens with one attached hydrogen (secondary N) is 1. The Kier molecular flexibility index (Phi) is 5.44. The summed E-state index contributed by atoms with van der Waals surface area (Å²) in [6.45, 7) is 3.81. The third-order valence-electron chi connectivity index (χ3n) is 4.13. The van der Waals surface area contributed by atoms with Crippen molar-refractivity contribution >= 4 is 29.3 Å². The first-order valence-electron chi connectivity index (χ1n) is 8.33. The smallest absolute Gasteiger partial charge is 0.266 e. The zero-order valence-electron chi connectivity index (χ0n) is 14.9. The Bertz CT molecular complexity index is 1040. The molecule has 2 aromatic carbocycles. The summed E-state index contributed by atoms with van der Waals surface area (Å²) in [7, 11) is 0. The average molecular weight is 377 g/mol. The molecular formula is C22H17ClN2O2. The molecule has 27 heavy (non-hydrogen) atoms. The van der Waals surface area contributed by atoms with Crippen LogP contribution in [0.3, 0.4) is 0 Å². The van der Waals surface area contributed by atoms with E-state index >= 15 is 0 Å². The first-order chi connectivity index (χ1) is 13.0. The van der Waals surface area contributed by atoms with Crippen molar-refractivity contribution < 1.29 is 9.21 Å². The second kappa shape index (κ2) is 7.94. The van der Waals surface area contributed by atoms with E-state index in [1.54, 1.807) is 24.3 Å². The number of nitrogens with zero attached hydrogens (tertiary/aromatic N) is 1. The lowest BCUT2D eigenvalue weighted by molar-refractivity contribution is -0.112. The Morgan fingerprint density at radius 3 is 2.37 bits per heavy atom. The second-order valence-corrected chi connectivity index (χ2v) is 6.54. The van der Waals surface area contributed by atoms with Gasteiger partial charge in [0.25, 0.3) is 5.91 Å². The van der Waals surface area contributed by atoms with Gasteiger partial charge in [0.15, 0.2) is 0 Å². The van der Waals surface area contributed by atoms with Crippen molar-refractivity contribution in [3.63, 3.8) is 0 Å². The minimum Gasteiger partial charge on any atom is -0.457 e. The summed E-state index contributed by atoms with van der Waals surface area (Å²) in [5.41, 5.74) is 3.41. The van der Waals surface area contributed by atoms with Crippen LogP contribution in [0, 0.1) is 25.2 Å². The minimum atomic E-state index is -0.473. The molecule has 0 bridgehead atoms. The fraction of sp³-hybridized carbons (Fsp3) is 0.0909. The van der Waals surface area contributed by atoms with Gasteiger partial charge in [0.05, 0.1) is 0 Å². The van der Waals surface area contributed by atoms with Gasteiger partial charge in [-0.1, -0.05) is 29.8 Å². The predicted octanol–water partition coefficient (Wildman–Crippen LogP) is 5.76. The predicted molar refractivity (Wildman–Crippen MR) is 107 cm³/mol. The van der Waals surface area contributed by atoms with Crippen LogP contribution in [0.1, 0.15) is 16.9 Å². The van der Waals surface area contributed by atoms with Crippen molar-refractivity contribution in [3.8, 4) is 17.4 Å². The number of rotatable bonds is 4. The third kappa shape index (κ3) is 4.28. The van der Waals surface area contributed by atoms with Crippen molar-refractivity contribution in [2.75, 3.05) is 5.32 Å². The molecule has 0 unspecified atom stereocenters. The molecule has 0 saturated carbocycles. The lowest BCUT2D eigenvalue weighted by atomic mass is 10.1. The Morgan fingerprint density at radius 2 is 1.74 bits per heavy atom. The number of nitriles is 1. The van der Waals surface area contributed by atoms with Crippen molar-refractivity contribution in [3.05, 3.63) is 82.1 Å². The Labute approximate surface area is 162 Å². The van der Waals surface area contributed by atoms with Crippen LogP contribution in [-0.2, 0) is 4.79 Å². The standard InChI is InChI=1S/C22H17ClN2O2/c1-14-4-3-5-15(2)21(14)25-22(26)17(13-24)12-19-10-11-20(27-19)16-6-8-18(23)9-7-16/h3-12H,1-2H3,(H,25,26)/b17-12+. The maximum absolute atomic E-state index is 12.5. The number of hydrogen-bond acceptors (Lipinski definition) is 3. The minimum absolute atomic E-state index is 0.0327. The molecule has 4 nitrogen and oxygen atoms in total. The van der Waals surface area contributed by atoms with E-state index < -0.39 is 5.91 Å². The van der Waals surface area contributed by atoms with Crippen LogP contribution in [0.2, 0.25) is 5.02 Å². The summed E-state index contributed by atoms with van der Waals surface area (Å²) in [6.07, 6.45) is 1.43. The monoisotopic (exact) mass is 376 g/mol. The van der Waals surface area contributed by atoms with Gasteiger partial charge >= 0.3 is 0 Å². The van der Waals surface area contributed by atoms with Gasteiger partial charge in [-0.3, -0.25) is 4.79 Å². The molecule has 5 heteroatoms. The molecule has 3 aromatic rings. The molecule has 0 radical (unpaired) electrons. The van der Waals surface area contributed by atoms with E-state index in [2.05, 4.69) is 5.32 Å². The first-order valence-corrected chi connectivity index (χ1v) is 8.71. The van der Waals surface area contributed by atoms with Crippen LogP contribution >= 0.6 is 11.6 Å². The van der Waals surface area contributed by atoms with Gasteiger partial charge in [0.1, 0.15) is 23.2 Å². The van der Waals surface area contributed by atoms with Gasteiger partial charge in [-0.15, -0.1) is 0 Å². The van der Waals surface area contributed by atoms with Crippen LogP contribution in [0.5, 0.6) is 0 Å². The molecule has 1 amide bonds. The van der Waals surface area contributed by atoms with E-state index in [1.807, 2.05) is 50.2 Å². The maximum atomic E-state index is 12.5. The summed E-state index contributed by atoms with van der Waals surface area (Å²) in [4.78, 5) is 12.5. The quantitative estimate of drug-likeness (QED) is 0.464. The fourth-order valence-electron chi connectivity index (χ4n) is 2.68. The normalized spacial score (nSPS) is 11.1. The molecule has 0 fully saturated rings. The van der Waals surface area contributed by atoms with E-state index in [0.29, 0.717) is 22.2 Å². The van der Waals surface area contributed by atoms with Crippen molar-refractivity contribution in [2.45, 2.75) is 13.8 Å². The lowest BCUT2D eigenvalue weighted by Gasteiger charge is -2.10. The fourth-order valence-corrected chi connectivity index (χ4v) is 2.81. The van der Waals surface area contributed by atoms with E-state index in [-0.39, 0.29) is 5.57 Å². The number of halogens is 1. The number of furan rings is 1. The van der Waals surface area contributed by atoms with Crippen LogP contribution in [-0.4, -0.2) is 5.91 Å². The van der Waals surface area contributed by atoms with Crippen LogP contribution in [0.4, 0.5) is 5.69 Å². The van der Waals surface area contributed by atoms with E-state index in [9.17, 15) is 10.1 Å². The van der Waals surface area contributed by atoms with Gasteiger partial charge in [0.2, 0.25) is 0 Å². The topological polar surface area (TPSA) is 66.0 Å². The molecule has 3 rings (SSSR count). The van der Waals surface area contributed by atoms with Crippen molar-refractivity contribution in [1.29, 1.82) is 5.26 Å². The zero-order chi connectivity index (χ0) is 19.4. The number of para-hydroxylation sites is 1. The number of carbonyl (C=O) groups is 1. The molecule has 0 aliphatic rings. The van der Waals surface area contributed by atoms with Gasteiger partial charge < -0.3 is 9.73 Å². The molecule has 0 aliphatic carbocycles. The van der Waals surface area contributed by atoms with Gasteiger partial charge in [-0.2, -0.15) is 5.26 Å². The number of hydrogen-bond donors (Lipinski definition) is 1. The highest BCUT2D eigenvalue weighted by Gasteiger charge is 2.13. The van der Waals surface area contributed by atoms with E-state index in [4.69, 9.17) is 16.0 Å². The molecule has 1 aromatic heterocycles. The summed E-state index contributed by atoms with van der Waals surface area (Å²) in [5.74, 6) is 0.581. The third-order valence-corrected chi connectivity index (χ3v) is 4.38. The number of aryl methyl sites for hydroxylation is 2. The van der Waals surface area contributed by atoms with Gasteiger partial charge in [0, 0.05) is 22.3 Å². The molecule has 0 aliphatic heterocycles. The largest absolute Gasteiger partial charge is 0.457 e. The maximum Gasteiger partial charge on any atom is 0.266 e. The Balaban J connectivity index is 1.83. The molecule has 0 atom stereocenters. The highest BCUT2D eigenvalue weighted by atomic mass is 35.5. The molecule has 134 valence electrons. The number of benzene rings is 2. The number of anilines is 1. The Morgan fingerprint density at radius 1 is 1.07 bits per heavy atom. The van der Waals surface area contributed by atoms with Crippen molar-refractivity contribution in [1.82, 2.24) is 0 Å². The summed E-state index contributed by atoms with van der Waals surface area (Å²) < 4.78 is 5.74. The van der Waals surface area contributed by atoms with Gasteiger partial charge in [-0.05, 0) is 61.4 Å². The SMILES string of the molecule is Cc1cccc(C)c1NC(=O)/C(C#N)=C/c1ccc(-c2ccc(Cl)cc2)o1. The van der Waals surface area contributed by atoms with Crippen LogP contribution < -0.4 is 5.32 Å². The second-order valence-electron chi connectivity index (χ2n) is 6.10. The Hall–Kier alpha value is -3.29. The average Bonchev–Trinajstić information content (AvgIpc) is 3.12. The summed E-state index contributed by atoms with van der Waals surface area (Å²) >= 11 is 5.89. The zero-order valence-corrected chi connectivity index (χ0v) is 15.7. The highest BCUT2D eigenvalue weighted by Crippen LogP contribution is 2.25.